The number of nitrogens with one attached hydrogen (secondary N) is 2. The lowest BCUT2D eigenvalue weighted by molar-refractivity contribution is -0.137. The van der Waals surface area contributed by atoms with Gasteiger partial charge < -0.3 is 10.6 Å². The molecule has 0 bridgehead atoms. The van der Waals surface area contributed by atoms with Crippen LogP contribution < -0.4 is 14.9 Å². The van der Waals surface area contributed by atoms with Crippen molar-refractivity contribution in [3.8, 4) is 0 Å². The zero-order valence-electron chi connectivity index (χ0n) is 23.8. The molecule has 0 saturated heterocycles. The Hall–Kier alpha value is -4.61. The molecule has 0 fully saturated rings. The van der Waals surface area contributed by atoms with E-state index in [1.165, 1.54) is 25.4 Å². The van der Waals surface area contributed by atoms with Crippen molar-refractivity contribution >= 4 is 49.2 Å². The second-order valence-electron chi connectivity index (χ2n) is 9.81. The summed E-state index contributed by atoms with van der Waals surface area (Å²) in [7, 11) is -6.33. The van der Waals surface area contributed by atoms with Gasteiger partial charge in [-0.3, -0.25) is 13.7 Å². The van der Waals surface area contributed by atoms with E-state index < -0.39 is 37.7 Å². The summed E-state index contributed by atoms with van der Waals surface area (Å²) in [6, 6.07) is 15.8. The molecule has 0 saturated carbocycles. The maximum absolute atomic E-state index is 13.6. The molecule has 0 atom stereocenters. The summed E-state index contributed by atoms with van der Waals surface area (Å²) in [5, 5.41) is 5.51. The number of fused-ring (bicyclic) bond motifs is 1. The van der Waals surface area contributed by atoms with Crippen LogP contribution in [0.2, 0.25) is 0 Å². The molecule has 1 aliphatic carbocycles. The van der Waals surface area contributed by atoms with Crippen LogP contribution in [-0.4, -0.2) is 55.4 Å². The summed E-state index contributed by atoms with van der Waals surface area (Å²) in [6.07, 6.45) is -1.000. The second-order valence-corrected chi connectivity index (χ2v) is 13.2. The molecule has 2 aromatic heterocycles. The highest BCUT2D eigenvalue weighted by atomic mass is 32.2. The van der Waals surface area contributed by atoms with Gasteiger partial charge in [-0.05, 0) is 41.5 Å². The van der Waals surface area contributed by atoms with Crippen LogP contribution in [0.25, 0.3) is 0 Å². The van der Waals surface area contributed by atoms with Crippen LogP contribution in [0.5, 0.6) is 0 Å². The van der Waals surface area contributed by atoms with Crippen molar-refractivity contribution < 1.29 is 39.4 Å². The fourth-order valence-electron chi connectivity index (χ4n) is 4.22. The van der Waals surface area contributed by atoms with E-state index in [1.807, 2.05) is 0 Å². The molecule has 2 aromatic carbocycles. The van der Waals surface area contributed by atoms with E-state index in [2.05, 4.69) is 25.6 Å². The number of hydrogen-bond donors (Lipinski definition) is 3. The van der Waals surface area contributed by atoms with Gasteiger partial charge in [0.05, 0.1) is 11.2 Å². The highest BCUT2D eigenvalue weighted by molar-refractivity contribution is 7.92. The molecule has 0 amide bonds. The van der Waals surface area contributed by atoms with Gasteiger partial charge in [-0.25, -0.2) is 18.4 Å². The van der Waals surface area contributed by atoms with E-state index in [-0.39, 0.29) is 29.0 Å². The fraction of sp³-hybridized carbons (Fsp3) is 0.214. The Morgan fingerprint density at radius 3 is 2.27 bits per heavy atom. The number of alkyl halides is 3. The predicted molar refractivity (Wildman–Crippen MR) is 160 cm³/mol. The number of halogens is 3. The number of hydrogen-bond acceptors (Lipinski definition) is 10. The topological polar surface area (TPSA) is 172 Å². The van der Waals surface area contributed by atoms with Gasteiger partial charge >= 0.3 is 6.18 Å². The zero-order valence-corrected chi connectivity index (χ0v) is 25.4. The highest BCUT2D eigenvalue weighted by Crippen LogP contribution is 2.35. The molecule has 0 spiro atoms. The molecule has 45 heavy (non-hydrogen) atoms. The Labute approximate surface area is 257 Å². The van der Waals surface area contributed by atoms with Crippen molar-refractivity contribution in [2.75, 3.05) is 28.2 Å². The SMILES string of the molecule is CN(c1ncccc1CNc1nc(Nc2ccc3c(c2)CC(=O)C3)ncc1C(F)(F)F)S(C)(=O)=O.O=S(=O)(O)c1ccccc1. The Balaban J connectivity index is 0.000000392. The summed E-state index contributed by atoms with van der Waals surface area (Å²) < 4.78 is 94.9. The normalized spacial score (nSPS) is 13.0. The number of carbonyl (C=O) groups excluding carboxylic acids is 1. The molecule has 5 rings (SSSR count). The van der Waals surface area contributed by atoms with Crippen molar-refractivity contribution in [2.24, 2.45) is 0 Å². The van der Waals surface area contributed by atoms with Crippen LogP contribution in [-0.2, 0) is 50.5 Å². The van der Waals surface area contributed by atoms with Crippen molar-refractivity contribution in [1.29, 1.82) is 0 Å². The standard InChI is InChI=1S/C22H21F3N6O3S.C6H6O3S/c1-31(35(2,33)34)20-14(4-3-7-26-20)11-27-19-18(22(23,24)25)12-28-21(30-19)29-16-6-5-13-9-17(32)10-15(13)8-16;7-10(8,9)6-4-2-1-3-5-6/h3-8,12H,9-11H2,1-2H3,(H2,27,28,29,30);1-5H,(H,7,8,9). The Morgan fingerprint density at radius 2 is 1.64 bits per heavy atom. The molecule has 0 radical (unpaired) electrons. The number of benzene rings is 2. The van der Waals surface area contributed by atoms with Crippen LogP contribution in [0.1, 0.15) is 22.3 Å². The first kappa shape index (κ1) is 33.3. The molecule has 238 valence electrons. The minimum Gasteiger partial charge on any atom is -0.365 e. The van der Waals surface area contributed by atoms with Crippen molar-refractivity contribution in [2.45, 2.75) is 30.5 Å². The molecule has 2 heterocycles. The van der Waals surface area contributed by atoms with Crippen LogP contribution >= 0.6 is 0 Å². The zero-order chi connectivity index (χ0) is 33.0. The van der Waals surface area contributed by atoms with Crippen LogP contribution in [0.3, 0.4) is 0 Å². The largest absolute Gasteiger partial charge is 0.421 e. The monoisotopic (exact) mass is 664 g/mol. The Bertz CT molecular complexity index is 1920. The molecule has 0 unspecified atom stereocenters. The number of Topliss-reactive ketones (excluding diaryl/α,β-unsaturated/α-hetero) is 1. The molecule has 4 aromatic rings. The van der Waals surface area contributed by atoms with E-state index in [0.29, 0.717) is 30.3 Å². The van der Waals surface area contributed by atoms with Crippen LogP contribution in [0.15, 0.2) is 78.0 Å². The Morgan fingerprint density at radius 1 is 0.956 bits per heavy atom. The number of ketones is 1. The number of pyridine rings is 1. The number of rotatable bonds is 8. The third-order valence-electron chi connectivity index (χ3n) is 6.48. The van der Waals surface area contributed by atoms with E-state index in [1.54, 1.807) is 48.5 Å². The lowest BCUT2D eigenvalue weighted by Gasteiger charge is -2.20. The maximum atomic E-state index is 13.6. The first-order chi connectivity index (χ1) is 21.0. The lowest BCUT2D eigenvalue weighted by Crippen LogP contribution is -2.27. The van der Waals surface area contributed by atoms with Gasteiger partial charge in [0.25, 0.3) is 10.1 Å². The van der Waals surface area contributed by atoms with Gasteiger partial charge in [-0.15, -0.1) is 0 Å². The summed E-state index contributed by atoms with van der Waals surface area (Å²) in [6.45, 7) is -0.177. The molecule has 12 nitrogen and oxygen atoms in total. The number of nitrogens with zero attached hydrogens (tertiary/aromatic N) is 4. The van der Waals surface area contributed by atoms with Gasteiger partial charge in [-0.2, -0.15) is 26.6 Å². The molecule has 0 aliphatic heterocycles. The minimum absolute atomic E-state index is 0.0741. The van der Waals surface area contributed by atoms with E-state index in [9.17, 15) is 34.8 Å². The third-order valence-corrected chi connectivity index (χ3v) is 8.52. The average molecular weight is 665 g/mol. The number of anilines is 4. The van der Waals surface area contributed by atoms with Gasteiger partial charge in [0.2, 0.25) is 16.0 Å². The number of carbonyl (C=O) groups is 1. The smallest absolute Gasteiger partial charge is 0.365 e. The average Bonchev–Trinajstić information content (AvgIpc) is 3.34. The lowest BCUT2D eigenvalue weighted by atomic mass is 10.1. The molecule has 17 heteroatoms. The molecular weight excluding hydrogens is 637 g/mol. The molecule has 1 aliphatic rings. The first-order valence-corrected chi connectivity index (χ1v) is 16.3. The van der Waals surface area contributed by atoms with Gasteiger partial charge in [0.1, 0.15) is 23.0 Å². The van der Waals surface area contributed by atoms with Crippen LogP contribution in [0, 0.1) is 0 Å². The highest BCUT2D eigenvalue weighted by Gasteiger charge is 2.35. The summed E-state index contributed by atoms with van der Waals surface area (Å²) in [4.78, 5) is 23.4. The molecule has 3 N–H and O–H groups in total. The van der Waals surface area contributed by atoms with Crippen molar-refractivity contribution in [3.63, 3.8) is 0 Å². The van der Waals surface area contributed by atoms with E-state index in [0.717, 1.165) is 21.7 Å². The minimum atomic E-state index is -4.73. The first-order valence-electron chi connectivity index (χ1n) is 13.0. The summed E-state index contributed by atoms with van der Waals surface area (Å²) >= 11 is 0. The van der Waals surface area contributed by atoms with Gasteiger partial charge in [0, 0.05) is 50.1 Å². The maximum Gasteiger partial charge on any atom is 0.421 e. The fourth-order valence-corrected chi connectivity index (χ4v) is 5.20. The summed E-state index contributed by atoms with van der Waals surface area (Å²) in [5.41, 5.74) is 1.58. The van der Waals surface area contributed by atoms with E-state index in [4.69, 9.17) is 4.55 Å². The van der Waals surface area contributed by atoms with Crippen LogP contribution in [0.4, 0.5) is 36.4 Å². The number of aromatic nitrogens is 3. The quantitative estimate of drug-likeness (QED) is 0.230. The summed E-state index contributed by atoms with van der Waals surface area (Å²) in [5.74, 6) is -0.380. The third kappa shape index (κ3) is 8.74. The number of sulfonamides is 1. The van der Waals surface area contributed by atoms with Crippen molar-refractivity contribution in [1.82, 2.24) is 15.0 Å². The Kier molecular flexibility index (Phi) is 9.74. The van der Waals surface area contributed by atoms with Crippen molar-refractivity contribution in [3.05, 3.63) is 95.3 Å². The molecular formula is C28H27F3N6O6S2. The van der Waals surface area contributed by atoms with Gasteiger partial charge in [0.15, 0.2) is 0 Å². The second kappa shape index (κ2) is 13.2. The van der Waals surface area contributed by atoms with Gasteiger partial charge in [-0.1, -0.05) is 30.3 Å². The predicted octanol–water partition coefficient (Wildman–Crippen LogP) is 4.24. The van der Waals surface area contributed by atoms with E-state index >= 15 is 0 Å².